The van der Waals surface area contributed by atoms with Crippen LogP contribution in [-0.4, -0.2) is 64.8 Å². The number of fused-ring (bicyclic) bond motifs is 3. The van der Waals surface area contributed by atoms with Gasteiger partial charge in [0.05, 0.1) is 17.0 Å². The van der Waals surface area contributed by atoms with Crippen LogP contribution in [-0.2, 0) is 0 Å². The molecule has 32 heavy (non-hydrogen) atoms. The summed E-state index contributed by atoms with van der Waals surface area (Å²) in [5.41, 5.74) is -4.11. The molecule has 11 heteroatoms. The number of pyridine rings is 1. The highest BCUT2D eigenvalue weighted by atomic mass is 32.2. The number of thioether (sulfide) groups is 1. The topological polar surface area (TPSA) is 73.7 Å². The van der Waals surface area contributed by atoms with Crippen LogP contribution in [0.2, 0.25) is 0 Å². The lowest BCUT2D eigenvalue weighted by molar-refractivity contribution is -0.0327. The van der Waals surface area contributed by atoms with Crippen LogP contribution in [0, 0.1) is 11.8 Å². The summed E-state index contributed by atoms with van der Waals surface area (Å²) in [4.78, 5) is 13.6. The Morgan fingerprint density at radius 1 is 1.28 bits per heavy atom. The summed E-state index contributed by atoms with van der Waals surface area (Å²) in [6.07, 6.45) is 4.41. The third kappa shape index (κ3) is 4.76. The molecule has 2 amide bonds. The number of urea groups is 1. The third-order valence-electron chi connectivity index (χ3n) is 6.10. The van der Waals surface area contributed by atoms with E-state index in [2.05, 4.69) is 44.8 Å². The van der Waals surface area contributed by atoms with Crippen molar-refractivity contribution < 1.29 is 18.0 Å². The van der Waals surface area contributed by atoms with E-state index in [1.54, 1.807) is 12.1 Å². The molecule has 172 valence electrons. The first-order valence-corrected chi connectivity index (χ1v) is 11.3. The van der Waals surface area contributed by atoms with Crippen molar-refractivity contribution in [3.63, 3.8) is 0 Å². The second kappa shape index (κ2) is 9.11. The number of nitrogens with zero attached hydrogens (tertiary/aromatic N) is 3. The van der Waals surface area contributed by atoms with E-state index in [1.165, 1.54) is 18.0 Å². The number of carbonyl (C=O) groups excluding carboxylic acids is 1. The number of hydrogen-bond acceptors (Lipinski definition) is 5. The minimum Gasteiger partial charge on any atom is -0.366 e. The van der Waals surface area contributed by atoms with Crippen LogP contribution < -0.4 is 16.0 Å². The van der Waals surface area contributed by atoms with Gasteiger partial charge in [-0.1, -0.05) is 12.0 Å². The summed E-state index contributed by atoms with van der Waals surface area (Å²) in [6.45, 7) is -0.00790. The largest absolute Gasteiger partial charge is 0.446 e. The van der Waals surface area contributed by atoms with Gasteiger partial charge in [-0.15, -0.1) is 0 Å². The van der Waals surface area contributed by atoms with E-state index in [9.17, 15) is 18.0 Å². The Labute approximate surface area is 188 Å². The van der Waals surface area contributed by atoms with Crippen LogP contribution >= 0.6 is 11.8 Å². The van der Waals surface area contributed by atoms with Crippen LogP contribution in [0.25, 0.3) is 5.52 Å². The summed E-state index contributed by atoms with van der Waals surface area (Å²) in [5.74, 6) is 6.01. The molecule has 2 bridgehead atoms. The fourth-order valence-corrected chi connectivity index (χ4v) is 5.27. The Bertz CT molecular complexity index is 1060. The molecule has 2 aliphatic heterocycles. The molecule has 2 aromatic rings. The first-order valence-electron chi connectivity index (χ1n) is 10.5. The number of halogens is 3. The molecule has 2 saturated heterocycles. The molecular formula is C21H25F3N6OS. The Kier molecular flexibility index (Phi) is 6.44. The minimum atomic E-state index is -4.48. The molecule has 4 heterocycles. The molecule has 2 aromatic heterocycles. The molecule has 0 aromatic carbocycles. The zero-order valence-corrected chi connectivity index (χ0v) is 18.6. The van der Waals surface area contributed by atoms with Crippen molar-refractivity contribution in [2.75, 3.05) is 26.0 Å². The van der Waals surface area contributed by atoms with E-state index < -0.39 is 11.5 Å². The lowest BCUT2D eigenvalue weighted by atomic mass is 9.98. The predicted molar refractivity (Wildman–Crippen MR) is 118 cm³/mol. The standard InChI is InChI=1S/C21H25F3N6OS/c1-25-20(31)26-12-4-5-15-19(32-21(22,23)24)17-6-3-7-18(30(17)28-15)27-14-10-8-13-9-11-16(14)29(13)2/h3,6-7,13-14,16,27H,8-12H2,1-2H3,(H2,25,26,31)/t13-,14-,16-/m1/s1. The van der Waals surface area contributed by atoms with Crippen molar-refractivity contribution in [2.24, 2.45) is 0 Å². The van der Waals surface area contributed by atoms with Gasteiger partial charge >= 0.3 is 11.5 Å². The molecular weight excluding hydrogens is 441 g/mol. The normalized spacial score (nSPS) is 23.0. The van der Waals surface area contributed by atoms with Gasteiger partial charge in [-0.05, 0) is 62.5 Å². The van der Waals surface area contributed by atoms with Gasteiger partial charge in [0.15, 0.2) is 0 Å². The van der Waals surface area contributed by atoms with Gasteiger partial charge in [0.25, 0.3) is 0 Å². The van der Waals surface area contributed by atoms with E-state index in [0.29, 0.717) is 23.4 Å². The van der Waals surface area contributed by atoms with Gasteiger partial charge in [-0.3, -0.25) is 4.90 Å². The van der Waals surface area contributed by atoms with Crippen molar-refractivity contribution >= 4 is 29.1 Å². The van der Waals surface area contributed by atoms with Gasteiger partial charge < -0.3 is 16.0 Å². The average Bonchev–Trinajstić information content (AvgIpc) is 3.19. The Hall–Kier alpha value is -2.58. The van der Waals surface area contributed by atoms with Crippen LogP contribution in [0.15, 0.2) is 23.1 Å². The molecule has 4 rings (SSSR count). The van der Waals surface area contributed by atoms with Gasteiger partial charge in [0.1, 0.15) is 11.5 Å². The number of rotatable bonds is 4. The number of alkyl halides is 3. The summed E-state index contributed by atoms with van der Waals surface area (Å²) in [5, 5.41) is 12.8. The van der Waals surface area contributed by atoms with Crippen molar-refractivity contribution in [3.8, 4) is 11.8 Å². The van der Waals surface area contributed by atoms with Crippen molar-refractivity contribution in [2.45, 2.75) is 54.2 Å². The second-order valence-corrected chi connectivity index (χ2v) is 9.04. The number of anilines is 1. The second-order valence-electron chi connectivity index (χ2n) is 7.96. The quantitative estimate of drug-likeness (QED) is 0.477. The highest BCUT2D eigenvalue weighted by Gasteiger charge is 2.40. The van der Waals surface area contributed by atoms with Gasteiger partial charge in [-0.2, -0.15) is 18.3 Å². The molecule has 0 saturated carbocycles. The lowest BCUT2D eigenvalue weighted by Gasteiger charge is -2.38. The number of aromatic nitrogens is 2. The maximum Gasteiger partial charge on any atom is 0.446 e. The third-order valence-corrected chi connectivity index (χ3v) is 6.94. The van der Waals surface area contributed by atoms with Crippen molar-refractivity contribution in [1.29, 1.82) is 0 Å². The van der Waals surface area contributed by atoms with Crippen LogP contribution in [0.1, 0.15) is 31.4 Å². The number of amides is 2. The first-order chi connectivity index (χ1) is 15.3. The van der Waals surface area contributed by atoms with E-state index >= 15 is 0 Å². The molecule has 7 nitrogen and oxygen atoms in total. The van der Waals surface area contributed by atoms with Crippen LogP contribution in [0.3, 0.4) is 0 Å². The molecule has 0 radical (unpaired) electrons. The average molecular weight is 467 g/mol. The molecule has 0 spiro atoms. The molecule has 0 unspecified atom stereocenters. The zero-order valence-electron chi connectivity index (χ0n) is 17.8. The highest BCUT2D eigenvalue weighted by molar-refractivity contribution is 8.00. The first kappa shape index (κ1) is 22.6. The number of nitrogens with one attached hydrogen (secondary N) is 3. The maximum absolute atomic E-state index is 13.3. The monoisotopic (exact) mass is 466 g/mol. The fraction of sp³-hybridized carbons (Fsp3) is 0.524. The van der Waals surface area contributed by atoms with E-state index in [0.717, 1.165) is 19.3 Å². The number of carbonyl (C=O) groups is 1. The van der Waals surface area contributed by atoms with E-state index in [-0.39, 0.29) is 34.9 Å². The zero-order chi connectivity index (χ0) is 22.9. The SMILES string of the molecule is CNC(=O)NCC#Cc1nn2c(N[C@@H]3CC[C@@H]4CC[C@H]3N4C)cccc2c1SC(F)(F)F. The molecule has 0 aliphatic carbocycles. The number of piperidine rings is 1. The van der Waals surface area contributed by atoms with Crippen molar-refractivity contribution in [1.82, 2.24) is 25.1 Å². The van der Waals surface area contributed by atoms with Gasteiger partial charge in [0, 0.05) is 25.2 Å². The van der Waals surface area contributed by atoms with Crippen LogP contribution in [0.4, 0.5) is 23.8 Å². The molecule has 3 N–H and O–H groups in total. The Morgan fingerprint density at radius 3 is 2.81 bits per heavy atom. The summed E-state index contributed by atoms with van der Waals surface area (Å²) < 4.78 is 41.3. The van der Waals surface area contributed by atoms with Gasteiger partial charge in [-0.25, -0.2) is 9.31 Å². The predicted octanol–water partition coefficient (Wildman–Crippen LogP) is 3.26. The van der Waals surface area contributed by atoms with Crippen molar-refractivity contribution in [3.05, 3.63) is 23.9 Å². The summed E-state index contributed by atoms with van der Waals surface area (Å²) in [6, 6.07) is 5.98. The highest BCUT2D eigenvalue weighted by Crippen LogP contribution is 2.41. The summed E-state index contributed by atoms with van der Waals surface area (Å²) >= 11 is -0.222. The van der Waals surface area contributed by atoms with Gasteiger partial charge in [0.2, 0.25) is 0 Å². The van der Waals surface area contributed by atoms with E-state index in [1.807, 2.05) is 6.07 Å². The number of likely N-dealkylation sites (N-methyl/N-ethyl adjacent to an activating group) is 1. The van der Waals surface area contributed by atoms with E-state index in [4.69, 9.17) is 0 Å². The minimum absolute atomic E-state index is 0.00790. The maximum atomic E-state index is 13.3. The fourth-order valence-electron chi connectivity index (χ4n) is 4.59. The lowest BCUT2D eigenvalue weighted by Crippen LogP contribution is -2.48. The molecule has 2 aliphatic rings. The number of hydrogen-bond donors (Lipinski definition) is 3. The van der Waals surface area contributed by atoms with Crippen LogP contribution in [0.5, 0.6) is 0 Å². The Balaban J connectivity index is 1.65. The smallest absolute Gasteiger partial charge is 0.366 e. The Morgan fingerprint density at radius 2 is 2.06 bits per heavy atom. The molecule has 3 atom stereocenters. The molecule has 2 fully saturated rings. The summed E-state index contributed by atoms with van der Waals surface area (Å²) in [7, 11) is 3.61.